The highest BCUT2D eigenvalue weighted by molar-refractivity contribution is 5.57. The van der Waals surface area contributed by atoms with Gasteiger partial charge in [-0.3, -0.25) is 10.1 Å². The lowest BCUT2D eigenvalue weighted by Crippen LogP contribution is -2.27. The molecule has 1 aromatic carbocycles. The van der Waals surface area contributed by atoms with Crippen molar-refractivity contribution in [2.24, 2.45) is 0 Å². The summed E-state index contributed by atoms with van der Waals surface area (Å²) in [5.41, 5.74) is 1.08. The molecule has 1 aromatic rings. The van der Waals surface area contributed by atoms with Crippen molar-refractivity contribution in [3.05, 3.63) is 45.3 Å². The van der Waals surface area contributed by atoms with Gasteiger partial charge in [0.2, 0.25) is 0 Å². The SMILES string of the molecule is CCCNC(C)/C(C)=C/c1cc([N+](=O)[O-])ccc1F. The Morgan fingerprint density at radius 1 is 1.58 bits per heavy atom. The van der Waals surface area contributed by atoms with E-state index in [0.29, 0.717) is 0 Å². The summed E-state index contributed by atoms with van der Waals surface area (Å²) >= 11 is 0. The van der Waals surface area contributed by atoms with E-state index in [1.165, 1.54) is 12.1 Å². The van der Waals surface area contributed by atoms with Gasteiger partial charge >= 0.3 is 0 Å². The Morgan fingerprint density at radius 2 is 2.26 bits per heavy atom. The lowest BCUT2D eigenvalue weighted by molar-refractivity contribution is -0.384. The van der Waals surface area contributed by atoms with E-state index >= 15 is 0 Å². The van der Waals surface area contributed by atoms with E-state index in [9.17, 15) is 14.5 Å². The van der Waals surface area contributed by atoms with Gasteiger partial charge in [-0.25, -0.2) is 4.39 Å². The quantitative estimate of drug-likeness (QED) is 0.633. The summed E-state index contributed by atoms with van der Waals surface area (Å²) in [6.45, 7) is 6.81. The Hall–Kier alpha value is -1.75. The standard InChI is InChI=1S/C14H19FN2O2/c1-4-7-16-11(3)10(2)8-12-9-13(17(18)19)5-6-14(12)15/h5-6,8-9,11,16H,4,7H2,1-3H3/b10-8+. The number of nitro groups is 1. The Labute approximate surface area is 112 Å². The maximum atomic E-state index is 13.6. The Kier molecular flexibility index (Phi) is 5.63. The molecule has 0 saturated heterocycles. The molecule has 1 atom stereocenters. The van der Waals surface area contributed by atoms with Gasteiger partial charge in [0, 0.05) is 23.7 Å². The molecule has 5 heteroatoms. The molecule has 1 unspecified atom stereocenters. The first-order valence-corrected chi connectivity index (χ1v) is 6.31. The number of nitro benzene ring substituents is 1. The minimum atomic E-state index is -0.523. The predicted octanol–water partition coefficient (Wildman–Crippen LogP) is 3.53. The van der Waals surface area contributed by atoms with Crippen molar-refractivity contribution in [2.75, 3.05) is 6.54 Å². The van der Waals surface area contributed by atoms with Crippen LogP contribution in [0.25, 0.3) is 6.08 Å². The van der Waals surface area contributed by atoms with Gasteiger partial charge in [-0.1, -0.05) is 18.6 Å². The molecule has 19 heavy (non-hydrogen) atoms. The van der Waals surface area contributed by atoms with Gasteiger partial charge in [0.05, 0.1) is 4.92 Å². The average Bonchev–Trinajstić information content (AvgIpc) is 2.38. The minimum Gasteiger partial charge on any atom is -0.311 e. The number of nitrogens with one attached hydrogen (secondary N) is 1. The van der Waals surface area contributed by atoms with E-state index in [0.717, 1.165) is 24.6 Å². The number of benzene rings is 1. The summed E-state index contributed by atoms with van der Waals surface area (Å²) in [7, 11) is 0. The smallest absolute Gasteiger partial charge is 0.270 e. The fourth-order valence-electron chi connectivity index (χ4n) is 1.65. The number of halogens is 1. The second-order valence-electron chi connectivity index (χ2n) is 4.53. The zero-order valence-corrected chi connectivity index (χ0v) is 11.4. The summed E-state index contributed by atoms with van der Waals surface area (Å²) in [5.74, 6) is -0.451. The molecule has 0 aliphatic rings. The molecule has 4 nitrogen and oxygen atoms in total. The summed E-state index contributed by atoms with van der Waals surface area (Å²) in [6, 6.07) is 3.66. The highest BCUT2D eigenvalue weighted by Gasteiger charge is 2.10. The van der Waals surface area contributed by atoms with Crippen LogP contribution in [0.2, 0.25) is 0 Å². The summed E-state index contributed by atoms with van der Waals surface area (Å²) in [6.07, 6.45) is 2.67. The third kappa shape index (κ3) is 4.44. The molecule has 0 radical (unpaired) electrons. The average molecular weight is 266 g/mol. The van der Waals surface area contributed by atoms with Crippen LogP contribution in [0.4, 0.5) is 10.1 Å². The molecule has 0 saturated carbocycles. The summed E-state index contributed by atoms with van der Waals surface area (Å²) < 4.78 is 13.6. The maximum absolute atomic E-state index is 13.6. The number of rotatable bonds is 6. The van der Waals surface area contributed by atoms with Crippen LogP contribution in [0.15, 0.2) is 23.8 Å². The van der Waals surface area contributed by atoms with Gasteiger partial charge < -0.3 is 5.32 Å². The molecular formula is C14H19FN2O2. The van der Waals surface area contributed by atoms with E-state index in [4.69, 9.17) is 0 Å². The molecule has 0 amide bonds. The third-order valence-electron chi connectivity index (χ3n) is 2.96. The lowest BCUT2D eigenvalue weighted by atomic mass is 10.1. The summed E-state index contributed by atoms with van der Waals surface area (Å²) in [5, 5.41) is 14.0. The van der Waals surface area contributed by atoms with Crippen LogP contribution < -0.4 is 5.32 Å². The summed E-state index contributed by atoms with van der Waals surface area (Å²) in [4.78, 5) is 10.2. The highest BCUT2D eigenvalue weighted by atomic mass is 19.1. The zero-order chi connectivity index (χ0) is 14.4. The van der Waals surface area contributed by atoms with Crippen LogP contribution in [-0.2, 0) is 0 Å². The maximum Gasteiger partial charge on any atom is 0.270 e. The normalized spacial score (nSPS) is 13.4. The number of hydrogen-bond donors (Lipinski definition) is 1. The molecule has 0 heterocycles. The van der Waals surface area contributed by atoms with Gasteiger partial charge in [-0.2, -0.15) is 0 Å². The van der Waals surface area contributed by atoms with Gasteiger partial charge in [-0.05, 0) is 32.9 Å². The first kappa shape index (κ1) is 15.3. The van der Waals surface area contributed by atoms with Gasteiger partial charge in [0.15, 0.2) is 0 Å². The van der Waals surface area contributed by atoms with Crippen LogP contribution in [-0.4, -0.2) is 17.5 Å². The van der Waals surface area contributed by atoms with Crippen LogP contribution in [0.3, 0.4) is 0 Å². The van der Waals surface area contributed by atoms with Crippen LogP contribution in [0.1, 0.15) is 32.8 Å². The molecule has 0 aromatic heterocycles. The van der Waals surface area contributed by atoms with Crippen LogP contribution in [0.5, 0.6) is 0 Å². The second kappa shape index (κ2) is 6.99. The van der Waals surface area contributed by atoms with Gasteiger partial charge in [0.1, 0.15) is 5.82 Å². The fourth-order valence-corrected chi connectivity index (χ4v) is 1.65. The van der Waals surface area contributed by atoms with E-state index in [1.807, 2.05) is 13.8 Å². The van der Waals surface area contributed by atoms with Crippen molar-refractivity contribution in [1.82, 2.24) is 5.32 Å². The molecule has 0 spiro atoms. The van der Waals surface area contributed by atoms with Crippen LogP contribution >= 0.6 is 0 Å². The van der Waals surface area contributed by atoms with Crippen molar-refractivity contribution < 1.29 is 9.31 Å². The first-order chi connectivity index (χ1) is 8.95. The molecule has 104 valence electrons. The van der Waals surface area contributed by atoms with Crippen LogP contribution in [0, 0.1) is 15.9 Å². The monoisotopic (exact) mass is 266 g/mol. The number of nitrogens with zero attached hydrogens (tertiary/aromatic N) is 1. The molecule has 1 N–H and O–H groups in total. The van der Waals surface area contributed by atoms with Crippen molar-refractivity contribution in [2.45, 2.75) is 33.2 Å². The first-order valence-electron chi connectivity index (χ1n) is 6.31. The van der Waals surface area contributed by atoms with E-state index in [-0.39, 0.29) is 17.3 Å². The van der Waals surface area contributed by atoms with E-state index in [1.54, 1.807) is 6.08 Å². The molecule has 0 aliphatic carbocycles. The predicted molar refractivity (Wildman–Crippen MR) is 74.5 cm³/mol. The van der Waals surface area contributed by atoms with Crippen molar-refractivity contribution in [3.8, 4) is 0 Å². The van der Waals surface area contributed by atoms with E-state index in [2.05, 4.69) is 12.2 Å². The zero-order valence-electron chi connectivity index (χ0n) is 11.4. The Balaban J connectivity index is 2.96. The topological polar surface area (TPSA) is 55.2 Å². The van der Waals surface area contributed by atoms with E-state index < -0.39 is 10.7 Å². The number of hydrogen-bond acceptors (Lipinski definition) is 3. The molecule has 0 aliphatic heterocycles. The number of non-ortho nitro benzene ring substituents is 1. The van der Waals surface area contributed by atoms with Gasteiger partial charge in [0.25, 0.3) is 5.69 Å². The van der Waals surface area contributed by atoms with Crippen molar-refractivity contribution >= 4 is 11.8 Å². The third-order valence-corrected chi connectivity index (χ3v) is 2.96. The highest BCUT2D eigenvalue weighted by Crippen LogP contribution is 2.20. The van der Waals surface area contributed by atoms with Gasteiger partial charge in [-0.15, -0.1) is 0 Å². The molecule has 1 rings (SSSR count). The second-order valence-corrected chi connectivity index (χ2v) is 4.53. The minimum absolute atomic E-state index is 0.102. The van der Waals surface area contributed by atoms with Crippen molar-refractivity contribution in [3.63, 3.8) is 0 Å². The molecule has 0 fully saturated rings. The molecule has 0 bridgehead atoms. The Morgan fingerprint density at radius 3 is 2.84 bits per heavy atom. The molecular weight excluding hydrogens is 247 g/mol. The van der Waals surface area contributed by atoms with Crippen molar-refractivity contribution in [1.29, 1.82) is 0 Å². The Bertz CT molecular complexity index is 486. The fraction of sp³-hybridized carbons (Fsp3) is 0.429. The largest absolute Gasteiger partial charge is 0.311 e. The lowest BCUT2D eigenvalue weighted by Gasteiger charge is -2.14.